The Bertz CT molecular complexity index is 407. The van der Waals surface area contributed by atoms with E-state index < -0.39 is 11.6 Å². The predicted molar refractivity (Wildman–Crippen MR) is 74.9 cm³/mol. The lowest BCUT2D eigenvalue weighted by Gasteiger charge is -2.48. The lowest BCUT2D eigenvalue weighted by atomic mass is 9.97. The molecule has 1 aliphatic rings. The minimum atomic E-state index is -1.03. The number of rotatable bonds is 7. The number of ether oxygens (including phenoxy) is 1. The van der Waals surface area contributed by atoms with Crippen LogP contribution in [0.15, 0.2) is 0 Å². The van der Waals surface area contributed by atoms with Crippen LogP contribution >= 0.6 is 0 Å². The van der Waals surface area contributed by atoms with Crippen LogP contribution in [0.2, 0.25) is 0 Å². The van der Waals surface area contributed by atoms with Crippen LogP contribution in [-0.4, -0.2) is 78.2 Å². The maximum Gasteiger partial charge on any atom is 0.329 e. The van der Waals surface area contributed by atoms with Gasteiger partial charge in [0.2, 0.25) is 5.91 Å². The summed E-state index contributed by atoms with van der Waals surface area (Å²) in [5.41, 5.74) is -0.626. The first-order chi connectivity index (χ1) is 9.81. The summed E-state index contributed by atoms with van der Waals surface area (Å²) in [6.45, 7) is 4.49. The Morgan fingerprint density at radius 2 is 2.00 bits per heavy atom. The normalized spacial score (nSPS) is 16.0. The van der Waals surface area contributed by atoms with Gasteiger partial charge in [-0.1, -0.05) is 6.92 Å². The molecule has 0 saturated carbocycles. The molecular weight excluding hydrogens is 278 g/mol. The monoisotopic (exact) mass is 301 g/mol. The van der Waals surface area contributed by atoms with E-state index in [4.69, 9.17) is 9.84 Å². The van der Waals surface area contributed by atoms with Crippen molar-refractivity contribution < 1.29 is 24.2 Å². The summed E-state index contributed by atoms with van der Waals surface area (Å²) in [5.74, 6) is -1.25. The van der Waals surface area contributed by atoms with E-state index >= 15 is 0 Å². The molecule has 1 rings (SSSR count). The number of hydrogen-bond acceptors (Lipinski definition) is 4. The summed E-state index contributed by atoms with van der Waals surface area (Å²) >= 11 is 0. The van der Waals surface area contributed by atoms with Gasteiger partial charge in [-0.05, 0) is 13.3 Å². The van der Waals surface area contributed by atoms with E-state index in [0.29, 0.717) is 19.6 Å². The van der Waals surface area contributed by atoms with Crippen LogP contribution in [0, 0.1) is 0 Å². The molecule has 0 atom stereocenters. The third-order valence-corrected chi connectivity index (χ3v) is 3.24. The fourth-order valence-corrected chi connectivity index (χ4v) is 2.19. The van der Waals surface area contributed by atoms with Crippen molar-refractivity contribution in [3.05, 3.63) is 0 Å². The van der Waals surface area contributed by atoms with Gasteiger partial charge in [0.15, 0.2) is 0 Å². The number of hydrogen-bond donors (Lipinski definition) is 2. The van der Waals surface area contributed by atoms with Crippen LogP contribution in [0.25, 0.3) is 0 Å². The Morgan fingerprint density at radius 3 is 2.48 bits per heavy atom. The third kappa shape index (κ3) is 4.89. The van der Waals surface area contributed by atoms with Crippen molar-refractivity contribution in [2.45, 2.75) is 25.9 Å². The number of carboxylic acids is 1. The Balaban J connectivity index is 2.51. The molecule has 2 N–H and O–H groups in total. The smallest absolute Gasteiger partial charge is 0.329 e. The number of urea groups is 1. The maximum atomic E-state index is 12.3. The number of likely N-dealkylation sites (tertiary alicyclic amines) is 1. The maximum absolute atomic E-state index is 12.3. The number of carbonyl (C=O) groups excluding carboxylic acids is 2. The fraction of sp³-hybridized carbons (Fsp3) is 0.769. The standard InChI is InChI=1S/C13H23N3O5/c1-4-5-15(6-10(17)14-3)12(20)16-8-13(2,9-16)21-7-11(18)19/h4-9H2,1-3H3,(H,14,17)(H,18,19). The molecule has 1 saturated heterocycles. The second kappa shape index (κ2) is 7.26. The van der Waals surface area contributed by atoms with E-state index in [1.165, 1.54) is 11.9 Å². The van der Waals surface area contributed by atoms with Crippen LogP contribution in [-0.2, 0) is 14.3 Å². The Kier molecular flexibility index (Phi) is 5.95. The van der Waals surface area contributed by atoms with Crippen molar-refractivity contribution >= 4 is 17.9 Å². The first-order valence-corrected chi connectivity index (χ1v) is 6.91. The van der Waals surface area contributed by atoms with E-state index in [1.807, 2.05) is 6.92 Å². The summed E-state index contributed by atoms with van der Waals surface area (Å²) in [6.07, 6.45) is 0.753. The van der Waals surface area contributed by atoms with Gasteiger partial charge in [0.25, 0.3) is 0 Å². The Morgan fingerprint density at radius 1 is 1.38 bits per heavy atom. The Labute approximate surface area is 124 Å². The SMILES string of the molecule is CCCN(CC(=O)NC)C(=O)N1CC(C)(OCC(=O)O)C1. The van der Waals surface area contributed by atoms with Crippen LogP contribution in [0.3, 0.4) is 0 Å². The van der Waals surface area contributed by atoms with Gasteiger partial charge in [0.05, 0.1) is 13.1 Å². The molecule has 0 aliphatic carbocycles. The molecule has 0 aromatic heterocycles. The van der Waals surface area contributed by atoms with Gasteiger partial charge in [-0.3, -0.25) is 4.79 Å². The number of carboxylic acid groups (broad SMARTS) is 1. The van der Waals surface area contributed by atoms with Gasteiger partial charge in [-0.15, -0.1) is 0 Å². The fourth-order valence-electron chi connectivity index (χ4n) is 2.19. The average molecular weight is 301 g/mol. The minimum absolute atomic E-state index is 0.0202. The molecule has 0 aromatic rings. The summed E-state index contributed by atoms with van der Waals surface area (Å²) < 4.78 is 5.26. The first kappa shape index (κ1) is 17.2. The van der Waals surface area contributed by atoms with Crippen molar-refractivity contribution in [3.63, 3.8) is 0 Å². The number of nitrogens with zero attached hydrogens (tertiary/aromatic N) is 2. The van der Waals surface area contributed by atoms with Gasteiger partial charge in [0, 0.05) is 13.6 Å². The highest BCUT2D eigenvalue weighted by Gasteiger charge is 2.44. The molecule has 3 amide bonds. The molecule has 8 heteroatoms. The molecule has 0 bridgehead atoms. The Hall–Kier alpha value is -1.83. The van der Waals surface area contributed by atoms with Crippen molar-refractivity contribution in [2.75, 3.05) is 39.8 Å². The highest BCUT2D eigenvalue weighted by atomic mass is 16.5. The summed E-state index contributed by atoms with van der Waals surface area (Å²) in [6, 6.07) is -0.225. The van der Waals surface area contributed by atoms with E-state index in [0.717, 1.165) is 6.42 Å². The minimum Gasteiger partial charge on any atom is -0.480 e. The highest BCUT2D eigenvalue weighted by Crippen LogP contribution is 2.25. The number of carbonyl (C=O) groups is 3. The lowest BCUT2D eigenvalue weighted by Crippen LogP contribution is -2.66. The summed E-state index contributed by atoms with van der Waals surface area (Å²) in [4.78, 5) is 37.2. The van der Waals surface area contributed by atoms with Gasteiger partial charge in [-0.25, -0.2) is 9.59 Å². The molecule has 21 heavy (non-hydrogen) atoms. The zero-order chi connectivity index (χ0) is 16.0. The van der Waals surface area contributed by atoms with Crippen molar-refractivity contribution in [1.82, 2.24) is 15.1 Å². The van der Waals surface area contributed by atoms with Crippen LogP contribution < -0.4 is 5.32 Å². The van der Waals surface area contributed by atoms with E-state index in [-0.39, 0.29) is 25.1 Å². The molecule has 120 valence electrons. The zero-order valence-electron chi connectivity index (χ0n) is 12.7. The zero-order valence-corrected chi connectivity index (χ0v) is 12.7. The third-order valence-electron chi connectivity index (χ3n) is 3.24. The van der Waals surface area contributed by atoms with Crippen molar-refractivity contribution in [2.24, 2.45) is 0 Å². The number of nitrogens with one attached hydrogen (secondary N) is 1. The largest absolute Gasteiger partial charge is 0.480 e. The van der Waals surface area contributed by atoms with E-state index in [9.17, 15) is 14.4 Å². The molecular formula is C13H23N3O5. The van der Waals surface area contributed by atoms with Crippen LogP contribution in [0.1, 0.15) is 20.3 Å². The number of amides is 3. The van der Waals surface area contributed by atoms with Crippen LogP contribution in [0.5, 0.6) is 0 Å². The van der Waals surface area contributed by atoms with Crippen molar-refractivity contribution in [3.8, 4) is 0 Å². The average Bonchev–Trinajstić information content (AvgIpc) is 2.40. The highest BCUT2D eigenvalue weighted by molar-refractivity contribution is 5.84. The second-order valence-electron chi connectivity index (χ2n) is 5.37. The van der Waals surface area contributed by atoms with E-state index in [1.54, 1.807) is 11.8 Å². The van der Waals surface area contributed by atoms with Crippen LogP contribution in [0.4, 0.5) is 4.79 Å². The molecule has 1 fully saturated rings. The number of likely N-dealkylation sites (N-methyl/N-ethyl adjacent to an activating group) is 1. The van der Waals surface area contributed by atoms with Gasteiger partial charge >= 0.3 is 12.0 Å². The van der Waals surface area contributed by atoms with Gasteiger partial charge in [0.1, 0.15) is 18.8 Å². The quantitative estimate of drug-likeness (QED) is 0.675. The van der Waals surface area contributed by atoms with Gasteiger partial charge < -0.3 is 25.0 Å². The molecule has 8 nitrogen and oxygen atoms in total. The second-order valence-corrected chi connectivity index (χ2v) is 5.37. The summed E-state index contributed by atoms with van der Waals surface area (Å²) in [7, 11) is 1.53. The summed E-state index contributed by atoms with van der Waals surface area (Å²) in [5, 5.41) is 11.1. The molecule has 0 unspecified atom stereocenters. The lowest BCUT2D eigenvalue weighted by molar-refractivity contribution is -0.160. The molecule has 0 radical (unpaired) electrons. The molecule has 0 spiro atoms. The predicted octanol–water partition coefficient (Wildman–Crippen LogP) is -0.260. The topological polar surface area (TPSA) is 99.2 Å². The van der Waals surface area contributed by atoms with Crippen molar-refractivity contribution in [1.29, 1.82) is 0 Å². The molecule has 1 aliphatic heterocycles. The van der Waals surface area contributed by atoms with Gasteiger partial charge in [-0.2, -0.15) is 0 Å². The first-order valence-electron chi connectivity index (χ1n) is 6.91. The molecule has 0 aromatic carbocycles. The number of aliphatic carboxylic acids is 1. The molecule has 1 heterocycles. The van der Waals surface area contributed by atoms with E-state index in [2.05, 4.69) is 5.32 Å².